The number of nitro benzene ring substituents is 2. The van der Waals surface area contributed by atoms with Gasteiger partial charge >= 0.3 is 5.69 Å². The number of aromatic nitrogens is 1. The van der Waals surface area contributed by atoms with E-state index in [1.54, 1.807) is 24.5 Å². The first-order chi connectivity index (χ1) is 9.52. The van der Waals surface area contributed by atoms with E-state index in [1.807, 2.05) is 0 Å². The van der Waals surface area contributed by atoms with Crippen molar-refractivity contribution in [3.8, 4) is 11.4 Å². The Morgan fingerprint density at radius 1 is 1.05 bits per heavy atom. The molecule has 0 aliphatic heterocycles. The number of hydrogen-bond acceptors (Lipinski definition) is 5. The maximum absolute atomic E-state index is 11.0. The van der Waals surface area contributed by atoms with Crippen LogP contribution in [-0.2, 0) is 0 Å². The molecule has 0 unspecified atom stereocenters. The molecule has 0 atom stereocenters. The van der Waals surface area contributed by atoms with Gasteiger partial charge in [-0.2, -0.15) is 4.57 Å². The Labute approximate surface area is 125 Å². The highest BCUT2D eigenvalue weighted by Gasteiger charge is 2.25. The second kappa shape index (κ2) is 6.62. The molecule has 9 heteroatoms. The number of pyridine rings is 1. The number of non-ortho nitro benzene ring substituents is 1. The van der Waals surface area contributed by atoms with Gasteiger partial charge in [0, 0.05) is 24.3 Å². The van der Waals surface area contributed by atoms with Crippen LogP contribution in [0.3, 0.4) is 0 Å². The Morgan fingerprint density at radius 3 is 2.14 bits per heavy atom. The van der Waals surface area contributed by atoms with Crippen molar-refractivity contribution in [3.63, 3.8) is 0 Å². The maximum Gasteiger partial charge on any atom is 0.347 e. The second-order valence-corrected chi connectivity index (χ2v) is 3.83. The summed E-state index contributed by atoms with van der Waals surface area (Å²) in [6.45, 7) is 0. The molecule has 0 bridgehead atoms. The molecule has 110 valence electrons. The van der Waals surface area contributed by atoms with Crippen molar-refractivity contribution in [1.29, 1.82) is 0 Å². The van der Waals surface area contributed by atoms with Crippen LogP contribution >= 0.6 is 0 Å². The average Bonchev–Trinajstić information content (AvgIpc) is 2.46. The molecule has 0 spiro atoms. The highest BCUT2D eigenvalue weighted by Crippen LogP contribution is 2.24. The lowest BCUT2D eigenvalue weighted by Crippen LogP contribution is -3.00. The summed E-state index contributed by atoms with van der Waals surface area (Å²) in [5.41, 5.74) is -0.424. The molecule has 0 radical (unpaired) electrons. The number of methoxy groups -OCH3 is 1. The van der Waals surface area contributed by atoms with Crippen LogP contribution in [0.4, 0.5) is 11.4 Å². The molecule has 1 aromatic carbocycles. The molecule has 1 aromatic heterocycles. The van der Waals surface area contributed by atoms with Crippen molar-refractivity contribution in [3.05, 3.63) is 63.0 Å². The fourth-order valence-electron chi connectivity index (χ4n) is 1.70. The summed E-state index contributed by atoms with van der Waals surface area (Å²) in [5, 5.41) is 21.7. The minimum absolute atomic E-state index is 0. The lowest BCUT2D eigenvalue weighted by molar-refractivity contribution is -0.601. The first-order valence-electron chi connectivity index (χ1n) is 5.51. The van der Waals surface area contributed by atoms with E-state index >= 15 is 0 Å². The van der Waals surface area contributed by atoms with E-state index < -0.39 is 9.85 Å². The summed E-state index contributed by atoms with van der Waals surface area (Å²) in [6.07, 6.45) is 3.15. The first kappa shape index (κ1) is 16.3. The summed E-state index contributed by atoms with van der Waals surface area (Å²) in [5.74, 6) is 0.603. The van der Waals surface area contributed by atoms with E-state index in [4.69, 9.17) is 4.74 Å². The van der Waals surface area contributed by atoms with Gasteiger partial charge in [-0.3, -0.25) is 20.2 Å². The van der Waals surface area contributed by atoms with Crippen molar-refractivity contribution in [1.82, 2.24) is 0 Å². The number of nitrogens with zero attached hydrogens (tertiary/aromatic N) is 3. The number of rotatable bonds is 4. The largest absolute Gasteiger partial charge is 1.00 e. The van der Waals surface area contributed by atoms with Crippen LogP contribution in [0.1, 0.15) is 0 Å². The zero-order valence-corrected chi connectivity index (χ0v) is 11.6. The van der Waals surface area contributed by atoms with E-state index in [0.717, 1.165) is 6.07 Å². The van der Waals surface area contributed by atoms with Gasteiger partial charge in [0.25, 0.3) is 11.4 Å². The van der Waals surface area contributed by atoms with Gasteiger partial charge in [-0.15, -0.1) is 0 Å². The van der Waals surface area contributed by atoms with Crippen LogP contribution in [0.15, 0.2) is 42.7 Å². The molecule has 0 aliphatic rings. The molecule has 2 aromatic rings. The van der Waals surface area contributed by atoms with Gasteiger partial charge in [-0.25, -0.2) is 0 Å². The number of halogens is 1. The van der Waals surface area contributed by atoms with E-state index in [-0.39, 0.29) is 29.5 Å². The fraction of sp³-hybridized carbons (Fsp3) is 0.0833. The van der Waals surface area contributed by atoms with Gasteiger partial charge in [0.2, 0.25) is 0 Å². The van der Waals surface area contributed by atoms with Crippen LogP contribution < -0.4 is 21.7 Å². The van der Waals surface area contributed by atoms with Crippen molar-refractivity contribution >= 4 is 11.4 Å². The van der Waals surface area contributed by atoms with Gasteiger partial charge in [0.15, 0.2) is 12.4 Å². The molecule has 1 heterocycles. The fourth-order valence-corrected chi connectivity index (χ4v) is 1.70. The van der Waals surface area contributed by atoms with Crippen LogP contribution in [0.5, 0.6) is 5.75 Å². The van der Waals surface area contributed by atoms with Crippen molar-refractivity contribution in [2.45, 2.75) is 0 Å². The number of ether oxygens (including phenoxy) is 1. The van der Waals surface area contributed by atoms with Crippen molar-refractivity contribution in [2.75, 3.05) is 7.11 Å². The highest BCUT2D eigenvalue weighted by atomic mass is 35.5. The Hall–Kier alpha value is -2.74. The Morgan fingerprint density at radius 2 is 1.67 bits per heavy atom. The topological polar surface area (TPSA) is 99.4 Å². The third-order valence-electron chi connectivity index (χ3n) is 2.68. The predicted molar refractivity (Wildman–Crippen MR) is 67.8 cm³/mol. The SMILES string of the molecule is COc1cc[n+](-c2ccc([N+](=O)[O-])cc2[N+](=O)[O-])cc1.[Cl-]. The van der Waals surface area contributed by atoms with Gasteiger partial charge in [0.05, 0.1) is 17.0 Å². The first-order valence-corrected chi connectivity index (χ1v) is 5.51. The molecule has 0 aliphatic carbocycles. The standard InChI is InChI=1S/C12H10N3O5.ClH/c1-20-10-4-6-13(7-5-10)11-3-2-9(14(16)17)8-12(11)15(18)19;/h2-8H,1H3;1H/q+1;/p-1. The van der Waals surface area contributed by atoms with Crippen LogP contribution in [0, 0.1) is 20.2 Å². The normalized spacial score (nSPS) is 9.57. The lowest BCUT2D eigenvalue weighted by atomic mass is 10.2. The number of nitro groups is 2. The third-order valence-corrected chi connectivity index (χ3v) is 2.68. The molecule has 8 nitrogen and oxygen atoms in total. The van der Waals surface area contributed by atoms with Crippen LogP contribution in [-0.4, -0.2) is 17.0 Å². The van der Waals surface area contributed by atoms with Crippen molar-refractivity contribution in [2.24, 2.45) is 0 Å². The molecular formula is C12H10ClN3O5. The smallest absolute Gasteiger partial charge is 0.347 e. The predicted octanol–water partition coefficient (Wildman–Crippen LogP) is -1.21. The molecule has 0 saturated heterocycles. The van der Waals surface area contributed by atoms with E-state index in [0.29, 0.717) is 5.75 Å². The van der Waals surface area contributed by atoms with Crippen LogP contribution in [0.25, 0.3) is 5.69 Å². The minimum atomic E-state index is -0.671. The molecule has 0 saturated carbocycles. The molecular weight excluding hydrogens is 302 g/mol. The van der Waals surface area contributed by atoms with Gasteiger partial charge in [-0.05, 0) is 0 Å². The lowest BCUT2D eigenvalue weighted by Gasteiger charge is -2.00. The quantitative estimate of drug-likeness (QED) is 0.401. The highest BCUT2D eigenvalue weighted by molar-refractivity contribution is 5.53. The van der Waals surface area contributed by atoms with E-state index in [1.165, 1.54) is 23.8 Å². The van der Waals surface area contributed by atoms with E-state index in [9.17, 15) is 20.2 Å². The minimum Gasteiger partial charge on any atom is -1.00 e. The second-order valence-electron chi connectivity index (χ2n) is 3.83. The van der Waals surface area contributed by atoms with Crippen LogP contribution in [0.2, 0.25) is 0 Å². The van der Waals surface area contributed by atoms with Gasteiger partial charge in [0.1, 0.15) is 11.8 Å². The molecule has 0 N–H and O–H groups in total. The Kier molecular flexibility index (Phi) is 5.14. The third kappa shape index (κ3) is 3.42. The summed E-state index contributed by atoms with van der Waals surface area (Å²) in [6, 6.07) is 6.76. The molecule has 2 rings (SSSR count). The van der Waals surface area contributed by atoms with E-state index in [2.05, 4.69) is 0 Å². The zero-order valence-electron chi connectivity index (χ0n) is 10.8. The summed E-state index contributed by atoms with van der Waals surface area (Å²) in [4.78, 5) is 20.4. The molecule has 0 amide bonds. The Balaban J connectivity index is 0.00000220. The zero-order chi connectivity index (χ0) is 14.7. The summed E-state index contributed by atoms with van der Waals surface area (Å²) in [7, 11) is 1.51. The number of benzene rings is 1. The molecule has 21 heavy (non-hydrogen) atoms. The monoisotopic (exact) mass is 311 g/mol. The Bertz CT molecular complexity index is 675. The summed E-state index contributed by atoms with van der Waals surface area (Å²) >= 11 is 0. The number of hydrogen-bond donors (Lipinski definition) is 0. The van der Waals surface area contributed by atoms with Gasteiger partial charge < -0.3 is 17.1 Å². The molecule has 0 fully saturated rings. The van der Waals surface area contributed by atoms with Crippen molar-refractivity contribution < 1.29 is 31.6 Å². The average molecular weight is 312 g/mol. The summed E-state index contributed by atoms with van der Waals surface area (Å²) < 4.78 is 6.49. The maximum atomic E-state index is 11.0. The van der Waals surface area contributed by atoms with Gasteiger partial charge in [-0.1, -0.05) is 0 Å².